The lowest BCUT2D eigenvalue weighted by atomic mass is 10.2. The number of carbonyl (C=O) groups is 2. The van der Waals surface area contributed by atoms with Crippen molar-refractivity contribution in [1.82, 2.24) is 9.88 Å². The minimum absolute atomic E-state index is 0.0489. The molecule has 0 atom stereocenters. The highest BCUT2D eigenvalue weighted by molar-refractivity contribution is 5.98. The molecule has 27 heavy (non-hydrogen) atoms. The molecule has 1 amide bonds. The van der Waals surface area contributed by atoms with Crippen molar-refractivity contribution in [2.45, 2.75) is 31.6 Å². The average Bonchev–Trinajstić information content (AvgIpc) is 3.40. The van der Waals surface area contributed by atoms with Gasteiger partial charge >= 0.3 is 12.1 Å². The van der Waals surface area contributed by atoms with E-state index >= 15 is 0 Å². The molecule has 3 rings (SSSR count). The Labute approximate surface area is 151 Å². The van der Waals surface area contributed by atoms with Crippen LogP contribution in [0.3, 0.4) is 0 Å². The number of nitrogens with zero attached hydrogens (tertiary/aromatic N) is 2. The molecule has 0 bridgehead atoms. The molecule has 0 saturated heterocycles. The van der Waals surface area contributed by atoms with E-state index in [1.807, 2.05) is 4.90 Å². The number of aromatic nitrogens is 1. The zero-order chi connectivity index (χ0) is 20.2. The number of pyridine rings is 1. The third-order valence-electron chi connectivity index (χ3n) is 3.85. The van der Waals surface area contributed by atoms with Gasteiger partial charge in [0.15, 0.2) is 0 Å². The van der Waals surface area contributed by atoms with Gasteiger partial charge in [0, 0.05) is 37.0 Å². The number of rotatable bonds is 5. The van der Waals surface area contributed by atoms with E-state index in [2.05, 4.69) is 4.98 Å². The van der Waals surface area contributed by atoms with Crippen molar-refractivity contribution >= 4 is 11.9 Å². The van der Waals surface area contributed by atoms with Crippen LogP contribution in [-0.2, 0) is 11.3 Å². The maximum atomic E-state index is 12.4. The van der Waals surface area contributed by atoms with Crippen LogP contribution in [0.4, 0.5) is 17.6 Å². The second kappa shape index (κ2) is 8.33. The lowest BCUT2D eigenvalue weighted by Gasteiger charge is -2.13. The molecule has 148 valence electrons. The molecular formula is C16H17F4N3O4. The van der Waals surface area contributed by atoms with Crippen molar-refractivity contribution in [3.63, 3.8) is 0 Å². The number of carboxylic acids is 1. The normalized spacial score (nSPS) is 16.6. The van der Waals surface area contributed by atoms with Crippen molar-refractivity contribution in [2.24, 2.45) is 5.73 Å². The standard InChI is InChI=1S/C14H16FN3O2.C2HF3O2/c15-4-9(5-16)8-20-13-3-10-7-18(11-1-2-11)14(19)12(10)6-17-13;3-2(4,5)1(6)7/h3-4,6,11H,1-2,5,7-8,16H2;(H,6,7)/b9-4+;. The number of carbonyl (C=O) groups excluding carboxylic acids is 1. The molecule has 3 N–H and O–H groups in total. The number of ether oxygens (including phenoxy) is 1. The molecule has 1 aromatic rings. The Morgan fingerprint density at radius 2 is 2.07 bits per heavy atom. The van der Waals surface area contributed by atoms with Crippen molar-refractivity contribution in [1.29, 1.82) is 0 Å². The monoisotopic (exact) mass is 391 g/mol. The van der Waals surface area contributed by atoms with Crippen LogP contribution >= 0.6 is 0 Å². The van der Waals surface area contributed by atoms with E-state index in [-0.39, 0.29) is 19.1 Å². The van der Waals surface area contributed by atoms with Crippen LogP contribution in [0.15, 0.2) is 24.2 Å². The number of hydrogen-bond acceptors (Lipinski definition) is 5. The first kappa shape index (κ1) is 20.6. The maximum Gasteiger partial charge on any atom is 0.490 e. The van der Waals surface area contributed by atoms with Crippen molar-refractivity contribution in [3.05, 3.63) is 35.3 Å². The van der Waals surface area contributed by atoms with Gasteiger partial charge in [-0.3, -0.25) is 4.79 Å². The average molecular weight is 391 g/mol. The first-order valence-electron chi connectivity index (χ1n) is 7.88. The predicted molar refractivity (Wildman–Crippen MR) is 84.6 cm³/mol. The molecule has 1 aliphatic heterocycles. The summed E-state index contributed by atoms with van der Waals surface area (Å²) in [5, 5.41) is 7.12. The van der Waals surface area contributed by atoms with Gasteiger partial charge in [0.1, 0.15) is 6.61 Å². The van der Waals surface area contributed by atoms with Gasteiger partial charge in [0.2, 0.25) is 5.88 Å². The summed E-state index contributed by atoms with van der Waals surface area (Å²) < 4.78 is 49.5. The zero-order valence-corrected chi connectivity index (χ0v) is 14.0. The molecule has 2 aliphatic rings. The largest absolute Gasteiger partial charge is 0.490 e. The van der Waals surface area contributed by atoms with Crippen molar-refractivity contribution in [2.75, 3.05) is 13.2 Å². The summed E-state index contributed by atoms with van der Waals surface area (Å²) in [5.41, 5.74) is 7.28. The van der Waals surface area contributed by atoms with Crippen molar-refractivity contribution < 1.29 is 37.0 Å². The fourth-order valence-electron chi connectivity index (χ4n) is 2.27. The molecule has 0 unspecified atom stereocenters. The first-order chi connectivity index (χ1) is 12.7. The van der Waals surface area contributed by atoms with Crippen molar-refractivity contribution in [3.8, 4) is 5.88 Å². The van der Waals surface area contributed by atoms with Gasteiger partial charge in [-0.1, -0.05) is 0 Å². The minimum atomic E-state index is -5.08. The zero-order valence-electron chi connectivity index (χ0n) is 14.0. The number of halogens is 4. The summed E-state index contributed by atoms with van der Waals surface area (Å²) in [6.45, 7) is 0.787. The Morgan fingerprint density at radius 3 is 2.56 bits per heavy atom. The summed E-state index contributed by atoms with van der Waals surface area (Å²) in [6, 6.07) is 2.14. The highest BCUT2D eigenvalue weighted by Crippen LogP contribution is 2.35. The Morgan fingerprint density at radius 1 is 1.44 bits per heavy atom. The lowest BCUT2D eigenvalue weighted by molar-refractivity contribution is -0.192. The highest BCUT2D eigenvalue weighted by atomic mass is 19.4. The minimum Gasteiger partial charge on any atom is -0.475 e. The van der Waals surface area contributed by atoms with Crippen LogP contribution in [0.25, 0.3) is 0 Å². The fraction of sp³-hybridized carbons (Fsp3) is 0.438. The van der Waals surface area contributed by atoms with Crippen LogP contribution in [0.1, 0.15) is 28.8 Å². The predicted octanol–water partition coefficient (Wildman–Crippen LogP) is 2.02. The number of fused-ring (bicyclic) bond motifs is 1. The molecule has 11 heteroatoms. The summed E-state index contributed by atoms with van der Waals surface area (Å²) in [7, 11) is 0. The molecule has 0 radical (unpaired) electrons. The van der Waals surface area contributed by atoms with E-state index in [0.29, 0.717) is 35.9 Å². The van der Waals surface area contributed by atoms with E-state index in [4.69, 9.17) is 20.4 Å². The van der Waals surface area contributed by atoms with E-state index in [1.54, 1.807) is 6.07 Å². The van der Waals surface area contributed by atoms with Gasteiger partial charge in [0.05, 0.1) is 11.9 Å². The Hall–Kier alpha value is -2.69. The highest BCUT2D eigenvalue weighted by Gasteiger charge is 2.39. The molecule has 2 heterocycles. The maximum absolute atomic E-state index is 12.4. The Bertz CT molecular complexity index is 748. The topological polar surface area (TPSA) is 106 Å². The summed E-state index contributed by atoms with van der Waals surface area (Å²) in [4.78, 5) is 27.0. The number of carboxylic acid groups (broad SMARTS) is 1. The molecular weight excluding hydrogens is 374 g/mol. The summed E-state index contributed by atoms with van der Waals surface area (Å²) in [6.07, 6.45) is -0.933. The number of aliphatic carboxylic acids is 1. The van der Waals surface area contributed by atoms with Crippen LogP contribution < -0.4 is 10.5 Å². The molecule has 1 saturated carbocycles. The second-order valence-electron chi connectivity index (χ2n) is 5.91. The van der Waals surface area contributed by atoms with E-state index in [9.17, 15) is 22.4 Å². The third kappa shape index (κ3) is 5.39. The second-order valence-corrected chi connectivity index (χ2v) is 5.91. The molecule has 7 nitrogen and oxygen atoms in total. The number of nitrogens with two attached hydrogens (primary N) is 1. The van der Waals surface area contributed by atoms with Crippen LogP contribution in [0.2, 0.25) is 0 Å². The fourth-order valence-corrected chi connectivity index (χ4v) is 2.27. The molecule has 1 fully saturated rings. The van der Waals surface area contributed by atoms with E-state index < -0.39 is 12.1 Å². The molecule has 1 aliphatic carbocycles. The molecule has 0 spiro atoms. The van der Waals surface area contributed by atoms with Gasteiger partial charge in [-0.05, 0) is 18.4 Å². The van der Waals surface area contributed by atoms with E-state index in [1.165, 1.54) is 6.20 Å². The first-order valence-corrected chi connectivity index (χ1v) is 7.88. The number of alkyl halides is 3. The molecule has 0 aromatic carbocycles. The SMILES string of the molecule is NC/C(=C\F)COc1cc2c(cn1)C(=O)N(C1CC1)C2.O=C(O)C(F)(F)F. The third-order valence-corrected chi connectivity index (χ3v) is 3.85. The van der Waals surface area contributed by atoms with Gasteiger partial charge < -0.3 is 20.5 Å². The van der Waals surface area contributed by atoms with Gasteiger partial charge in [0.25, 0.3) is 5.91 Å². The van der Waals surface area contributed by atoms with E-state index in [0.717, 1.165) is 18.4 Å². The smallest absolute Gasteiger partial charge is 0.475 e. The molecule has 1 aromatic heterocycles. The van der Waals surface area contributed by atoms with Crippen LogP contribution in [0.5, 0.6) is 5.88 Å². The summed E-state index contributed by atoms with van der Waals surface area (Å²) >= 11 is 0. The number of amides is 1. The summed E-state index contributed by atoms with van der Waals surface area (Å²) in [5.74, 6) is -2.32. The quantitative estimate of drug-likeness (QED) is 0.744. The Balaban J connectivity index is 0.000000321. The lowest BCUT2D eigenvalue weighted by Crippen LogP contribution is -2.25. The van der Waals surface area contributed by atoms with Gasteiger partial charge in [-0.2, -0.15) is 13.2 Å². The number of hydrogen-bond donors (Lipinski definition) is 2. The van der Waals surface area contributed by atoms with Gasteiger partial charge in [-0.15, -0.1) is 0 Å². The van der Waals surface area contributed by atoms with Crippen LogP contribution in [-0.4, -0.2) is 52.2 Å². The van der Waals surface area contributed by atoms with Crippen LogP contribution in [0, 0.1) is 0 Å². The van der Waals surface area contributed by atoms with Gasteiger partial charge in [-0.25, -0.2) is 14.2 Å². The Kier molecular flexibility index (Phi) is 6.37.